The molecule has 0 spiro atoms. The summed E-state index contributed by atoms with van der Waals surface area (Å²) >= 11 is 0. The molecule has 2 aromatic carbocycles. The normalized spacial score (nSPS) is 11.2. The van der Waals surface area contributed by atoms with Gasteiger partial charge < -0.3 is 0 Å². The molecule has 0 saturated heterocycles. The van der Waals surface area contributed by atoms with Gasteiger partial charge in [0.05, 0.1) is 26.2 Å². The molecule has 0 amide bonds. The van der Waals surface area contributed by atoms with Gasteiger partial charge in [-0.25, -0.2) is 0 Å². The molecule has 0 saturated carbocycles. The number of nitrogens with zero attached hydrogens (tertiary/aromatic N) is 4. The van der Waals surface area contributed by atoms with Gasteiger partial charge in [-0.15, -0.1) is 0 Å². The summed E-state index contributed by atoms with van der Waals surface area (Å²) in [5.41, 5.74) is 8.27. The van der Waals surface area contributed by atoms with E-state index in [2.05, 4.69) is 55.8 Å². The van der Waals surface area contributed by atoms with Crippen LogP contribution >= 0.6 is 0 Å². The van der Waals surface area contributed by atoms with Crippen LogP contribution in [0.5, 0.6) is 0 Å². The molecule has 0 aliphatic heterocycles. The SMILES string of the molecule is c1ccc(CNN=NCCCCN=NNCc2ccccc2)cc1. The van der Waals surface area contributed by atoms with Gasteiger partial charge in [-0.3, -0.25) is 10.9 Å². The summed E-state index contributed by atoms with van der Waals surface area (Å²) in [7, 11) is 0. The number of hydrogen-bond donors (Lipinski definition) is 2. The van der Waals surface area contributed by atoms with Crippen LogP contribution in [-0.4, -0.2) is 13.1 Å². The van der Waals surface area contributed by atoms with Crippen LogP contribution in [0.25, 0.3) is 0 Å². The van der Waals surface area contributed by atoms with Crippen LogP contribution in [0.4, 0.5) is 0 Å². The summed E-state index contributed by atoms with van der Waals surface area (Å²) in [5, 5.41) is 16.1. The van der Waals surface area contributed by atoms with E-state index < -0.39 is 0 Å². The van der Waals surface area contributed by atoms with Gasteiger partial charge in [-0.05, 0) is 24.0 Å². The molecule has 24 heavy (non-hydrogen) atoms. The Morgan fingerprint density at radius 1 is 0.583 bits per heavy atom. The van der Waals surface area contributed by atoms with Crippen molar-refractivity contribution in [3.8, 4) is 0 Å². The summed E-state index contributed by atoms with van der Waals surface area (Å²) in [6.07, 6.45) is 1.91. The van der Waals surface area contributed by atoms with Crippen LogP contribution in [0.15, 0.2) is 81.3 Å². The minimum Gasteiger partial charge on any atom is -0.287 e. The third-order valence-corrected chi connectivity index (χ3v) is 3.30. The predicted octanol–water partition coefficient (Wildman–Crippen LogP) is 4.08. The fourth-order valence-corrected chi connectivity index (χ4v) is 2.01. The first kappa shape index (κ1) is 17.6. The van der Waals surface area contributed by atoms with E-state index in [0.717, 1.165) is 12.8 Å². The van der Waals surface area contributed by atoms with Crippen molar-refractivity contribution < 1.29 is 0 Å². The summed E-state index contributed by atoms with van der Waals surface area (Å²) in [5.74, 6) is 0. The molecule has 6 nitrogen and oxygen atoms in total. The Labute approximate surface area is 143 Å². The van der Waals surface area contributed by atoms with E-state index in [0.29, 0.717) is 26.2 Å². The minimum atomic E-state index is 0.700. The van der Waals surface area contributed by atoms with E-state index in [-0.39, 0.29) is 0 Å². The van der Waals surface area contributed by atoms with Gasteiger partial charge in [0.1, 0.15) is 0 Å². The monoisotopic (exact) mass is 324 g/mol. The van der Waals surface area contributed by atoms with Gasteiger partial charge >= 0.3 is 0 Å². The van der Waals surface area contributed by atoms with Crippen molar-refractivity contribution in [2.45, 2.75) is 25.9 Å². The zero-order valence-corrected chi connectivity index (χ0v) is 13.8. The van der Waals surface area contributed by atoms with Crippen molar-refractivity contribution in [2.75, 3.05) is 13.1 Å². The van der Waals surface area contributed by atoms with Crippen molar-refractivity contribution in [3.05, 3.63) is 71.8 Å². The first-order chi connectivity index (χ1) is 11.9. The van der Waals surface area contributed by atoms with Crippen LogP contribution < -0.4 is 10.9 Å². The molecule has 0 aliphatic rings. The molecule has 126 valence electrons. The van der Waals surface area contributed by atoms with Crippen molar-refractivity contribution >= 4 is 0 Å². The van der Waals surface area contributed by atoms with Gasteiger partial charge in [-0.1, -0.05) is 71.1 Å². The quantitative estimate of drug-likeness (QED) is 0.371. The Morgan fingerprint density at radius 3 is 1.42 bits per heavy atom. The number of nitrogens with one attached hydrogen (secondary N) is 2. The third-order valence-electron chi connectivity index (χ3n) is 3.30. The van der Waals surface area contributed by atoms with Gasteiger partial charge in [-0.2, -0.15) is 10.2 Å². The Balaban J connectivity index is 1.42. The Bertz CT molecular complexity index is 542. The highest BCUT2D eigenvalue weighted by atomic mass is 15.4. The first-order valence-corrected chi connectivity index (χ1v) is 8.22. The maximum absolute atomic E-state index is 4.09. The maximum atomic E-state index is 4.09. The lowest BCUT2D eigenvalue weighted by atomic mass is 10.2. The van der Waals surface area contributed by atoms with Crippen molar-refractivity contribution in [2.24, 2.45) is 20.7 Å². The lowest BCUT2D eigenvalue weighted by molar-refractivity contribution is 0.625. The lowest BCUT2D eigenvalue weighted by Crippen LogP contribution is -2.04. The van der Waals surface area contributed by atoms with E-state index in [1.165, 1.54) is 11.1 Å². The molecule has 0 unspecified atom stereocenters. The maximum Gasteiger partial charge on any atom is 0.0620 e. The van der Waals surface area contributed by atoms with Crippen LogP contribution in [-0.2, 0) is 13.1 Å². The highest BCUT2D eigenvalue weighted by Gasteiger charge is 1.89. The molecular weight excluding hydrogens is 300 g/mol. The third kappa shape index (κ3) is 8.03. The first-order valence-electron chi connectivity index (χ1n) is 8.22. The van der Waals surface area contributed by atoms with Crippen LogP contribution in [0.2, 0.25) is 0 Å². The highest BCUT2D eigenvalue weighted by Crippen LogP contribution is 1.98. The minimum absolute atomic E-state index is 0.700. The molecule has 0 heterocycles. The topological polar surface area (TPSA) is 73.5 Å². The molecule has 0 aromatic heterocycles. The highest BCUT2D eigenvalue weighted by molar-refractivity contribution is 5.14. The average Bonchev–Trinajstić information content (AvgIpc) is 2.64. The molecule has 2 N–H and O–H groups in total. The Morgan fingerprint density at radius 2 is 1.00 bits per heavy atom. The zero-order valence-electron chi connectivity index (χ0n) is 13.8. The molecule has 6 heteroatoms. The Kier molecular flexibility index (Phi) is 8.62. The lowest BCUT2D eigenvalue weighted by Gasteiger charge is -1.99. The molecule has 0 radical (unpaired) electrons. The second-order valence-corrected chi connectivity index (χ2v) is 5.28. The number of hydrogen-bond acceptors (Lipinski definition) is 4. The molecule has 0 bridgehead atoms. The molecule has 0 atom stereocenters. The smallest absolute Gasteiger partial charge is 0.0620 e. The van der Waals surface area contributed by atoms with Gasteiger partial charge in [0.25, 0.3) is 0 Å². The summed E-state index contributed by atoms with van der Waals surface area (Å²) in [6.45, 7) is 2.81. The van der Waals surface area contributed by atoms with E-state index in [4.69, 9.17) is 0 Å². The predicted molar refractivity (Wildman–Crippen MR) is 95.2 cm³/mol. The summed E-state index contributed by atoms with van der Waals surface area (Å²) in [6, 6.07) is 20.3. The number of unbranched alkanes of at least 4 members (excludes halogenated alkanes) is 1. The number of rotatable bonds is 11. The molecule has 0 aliphatic carbocycles. The van der Waals surface area contributed by atoms with E-state index in [9.17, 15) is 0 Å². The largest absolute Gasteiger partial charge is 0.287 e. The molecular formula is C18H24N6. The van der Waals surface area contributed by atoms with Crippen molar-refractivity contribution in [3.63, 3.8) is 0 Å². The van der Waals surface area contributed by atoms with Crippen molar-refractivity contribution in [1.82, 2.24) is 10.9 Å². The van der Waals surface area contributed by atoms with E-state index >= 15 is 0 Å². The fraction of sp³-hybridized carbons (Fsp3) is 0.333. The van der Waals surface area contributed by atoms with Crippen LogP contribution in [0.3, 0.4) is 0 Å². The number of benzene rings is 2. The zero-order chi connectivity index (χ0) is 16.7. The second-order valence-electron chi connectivity index (χ2n) is 5.28. The van der Waals surface area contributed by atoms with Crippen LogP contribution in [0.1, 0.15) is 24.0 Å². The summed E-state index contributed by atoms with van der Waals surface area (Å²) < 4.78 is 0. The van der Waals surface area contributed by atoms with E-state index in [1.807, 2.05) is 36.4 Å². The molecule has 2 rings (SSSR count). The van der Waals surface area contributed by atoms with Crippen molar-refractivity contribution in [1.29, 1.82) is 0 Å². The standard InChI is InChI=1S/C18H24N6/c1-3-9-17(10-4-1)15-21-23-19-13-7-8-14-20-24-22-16-18-11-5-2-6-12-18/h1-6,9-12H,7-8,13-16H2,(H,19,21)(H,20,22). The van der Waals surface area contributed by atoms with Gasteiger partial charge in [0.2, 0.25) is 0 Å². The van der Waals surface area contributed by atoms with Crippen LogP contribution in [0, 0.1) is 0 Å². The average molecular weight is 324 g/mol. The van der Waals surface area contributed by atoms with Gasteiger partial charge in [0, 0.05) is 0 Å². The Hall–Kier alpha value is -2.76. The second kappa shape index (κ2) is 11.8. The van der Waals surface area contributed by atoms with Gasteiger partial charge in [0.15, 0.2) is 0 Å². The summed E-state index contributed by atoms with van der Waals surface area (Å²) in [4.78, 5) is 0. The van der Waals surface area contributed by atoms with E-state index in [1.54, 1.807) is 0 Å². The molecule has 2 aromatic rings. The fourth-order valence-electron chi connectivity index (χ4n) is 2.01. The molecule has 0 fully saturated rings.